The van der Waals surface area contributed by atoms with Crippen molar-refractivity contribution in [1.29, 1.82) is 0 Å². The van der Waals surface area contributed by atoms with Gasteiger partial charge in [0.15, 0.2) is 0 Å². The van der Waals surface area contributed by atoms with Gasteiger partial charge in [-0.25, -0.2) is 4.98 Å². The van der Waals surface area contributed by atoms with E-state index in [0.717, 1.165) is 22.6 Å². The van der Waals surface area contributed by atoms with Crippen LogP contribution in [-0.2, 0) is 17.9 Å². The molecule has 188 valence electrons. The first-order valence-electron chi connectivity index (χ1n) is 11.9. The lowest BCUT2D eigenvalue weighted by Gasteiger charge is -2.22. The zero-order valence-corrected chi connectivity index (χ0v) is 21.9. The van der Waals surface area contributed by atoms with Crippen LogP contribution >= 0.6 is 23.2 Å². The van der Waals surface area contributed by atoms with Gasteiger partial charge in [0.1, 0.15) is 18.0 Å². The third-order valence-electron chi connectivity index (χ3n) is 5.43. The average Bonchev–Trinajstić information content (AvgIpc) is 3.39. The van der Waals surface area contributed by atoms with Gasteiger partial charge >= 0.3 is 0 Å². The lowest BCUT2D eigenvalue weighted by Crippen LogP contribution is -2.28. The van der Waals surface area contributed by atoms with Gasteiger partial charge in [-0.2, -0.15) is 9.97 Å². The van der Waals surface area contributed by atoms with Gasteiger partial charge in [-0.1, -0.05) is 61.3 Å². The van der Waals surface area contributed by atoms with E-state index in [1.807, 2.05) is 65.4 Å². The number of nitrogens with one attached hydrogen (secondary N) is 2. The number of hydrogen-bond acceptors (Lipinski definition) is 6. The van der Waals surface area contributed by atoms with Crippen molar-refractivity contribution >= 4 is 35.0 Å². The van der Waals surface area contributed by atoms with E-state index >= 15 is 0 Å². The fraction of sp³-hybridized carbons (Fsp3) is 0.296. The van der Waals surface area contributed by atoms with Crippen molar-refractivity contribution in [3.63, 3.8) is 0 Å². The quantitative estimate of drug-likeness (QED) is 0.216. The summed E-state index contributed by atoms with van der Waals surface area (Å²) in [5.74, 6) is 2.41. The Kier molecular flexibility index (Phi) is 9.17. The summed E-state index contributed by atoms with van der Waals surface area (Å²) in [7, 11) is 0. The second-order valence-electron chi connectivity index (χ2n) is 9.00. The van der Waals surface area contributed by atoms with Crippen LogP contribution in [0.2, 0.25) is 10.0 Å². The molecule has 0 unspecified atom stereocenters. The zero-order chi connectivity index (χ0) is 25.3. The SMILES string of the molecule is CC(C)C[C@H](COCc1ccc(Cl)cc1)Nc1cc(-n2ccnc2)nc(NCc2cccc(Cl)c2)n1. The highest BCUT2D eigenvalue weighted by Crippen LogP contribution is 2.19. The summed E-state index contributed by atoms with van der Waals surface area (Å²) in [6, 6.07) is 17.4. The molecular weight excluding hydrogens is 495 g/mol. The summed E-state index contributed by atoms with van der Waals surface area (Å²) in [6.07, 6.45) is 6.22. The van der Waals surface area contributed by atoms with Crippen molar-refractivity contribution < 1.29 is 4.74 Å². The highest BCUT2D eigenvalue weighted by Gasteiger charge is 2.15. The molecule has 0 aliphatic rings. The zero-order valence-electron chi connectivity index (χ0n) is 20.4. The molecular formula is C27H30Cl2N6O. The molecule has 0 radical (unpaired) electrons. The lowest BCUT2D eigenvalue weighted by atomic mass is 10.0. The molecule has 2 N–H and O–H groups in total. The minimum absolute atomic E-state index is 0.0728. The van der Waals surface area contributed by atoms with Crippen LogP contribution in [-0.4, -0.2) is 32.2 Å². The summed E-state index contributed by atoms with van der Waals surface area (Å²) in [5, 5.41) is 8.29. The van der Waals surface area contributed by atoms with E-state index < -0.39 is 0 Å². The number of halogens is 2. The van der Waals surface area contributed by atoms with Crippen LogP contribution in [0, 0.1) is 5.92 Å². The van der Waals surface area contributed by atoms with Crippen LogP contribution < -0.4 is 10.6 Å². The van der Waals surface area contributed by atoms with Crippen LogP contribution in [0.25, 0.3) is 5.82 Å². The standard InChI is InChI=1S/C27H30Cl2N6O/c1-19(2)12-24(17-36-16-20-6-8-22(28)9-7-20)32-25-14-26(35-11-10-30-18-35)34-27(33-25)31-15-21-4-3-5-23(29)13-21/h3-11,13-14,18-19,24H,12,15-17H2,1-2H3,(H2,31,32,33,34)/t24-/m1/s1. The predicted octanol–water partition coefficient (Wildman–Crippen LogP) is 6.62. The van der Waals surface area contributed by atoms with Gasteiger partial charge in [0.05, 0.1) is 19.3 Å². The molecule has 0 fully saturated rings. The van der Waals surface area contributed by atoms with Crippen molar-refractivity contribution in [1.82, 2.24) is 19.5 Å². The van der Waals surface area contributed by atoms with Gasteiger partial charge in [0.25, 0.3) is 0 Å². The Bertz CT molecular complexity index is 1230. The maximum atomic E-state index is 6.13. The third-order valence-corrected chi connectivity index (χ3v) is 5.92. The molecule has 1 atom stereocenters. The molecule has 4 aromatic rings. The van der Waals surface area contributed by atoms with Gasteiger partial charge in [-0.05, 0) is 47.7 Å². The average molecular weight is 525 g/mol. The molecule has 0 aliphatic carbocycles. The maximum absolute atomic E-state index is 6.13. The topological polar surface area (TPSA) is 76.9 Å². The van der Waals surface area contributed by atoms with Gasteiger partial charge in [0, 0.05) is 35.1 Å². The Labute approximate surface area is 221 Å². The fourth-order valence-electron chi connectivity index (χ4n) is 3.79. The normalized spacial score (nSPS) is 12.0. The summed E-state index contributed by atoms with van der Waals surface area (Å²) >= 11 is 12.1. The van der Waals surface area contributed by atoms with Gasteiger partial charge < -0.3 is 15.4 Å². The first kappa shape index (κ1) is 25.9. The lowest BCUT2D eigenvalue weighted by molar-refractivity contribution is 0.107. The molecule has 2 aromatic heterocycles. The van der Waals surface area contributed by atoms with Gasteiger partial charge in [-0.3, -0.25) is 4.57 Å². The molecule has 2 heterocycles. The Hall–Kier alpha value is -3.13. The summed E-state index contributed by atoms with van der Waals surface area (Å²) in [5.41, 5.74) is 2.13. The van der Waals surface area contributed by atoms with Crippen molar-refractivity contribution in [2.45, 2.75) is 39.5 Å². The van der Waals surface area contributed by atoms with Crippen molar-refractivity contribution in [2.24, 2.45) is 5.92 Å². The molecule has 0 saturated carbocycles. The Morgan fingerprint density at radius 2 is 1.81 bits per heavy atom. The van der Waals surface area contributed by atoms with Crippen LogP contribution in [0.3, 0.4) is 0 Å². The first-order chi connectivity index (χ1) is 17.4. The van der Waals surface area contributed by atoms with Crippen LogP contribution in [0.5, 0.6) is 0 Å². The third kappa shape index (κ3) is 7.95. The maximum Gasteiger partial charge on any atom is 0.226 e. The fourth-order valence-corrected chi connectivity index (χ4v) is 4.13. The van der Waals surface area contributed by atoms with E-state index in [2.05, 4.69) is 34.4 Å². The number of aromatic nitrogens is 4. The highest BCUT2D eigenvalue weighted by molar-refractivity contribution is 6.30. The number of benzene rings is 2. The highest BCUT2D eigenvalue weighted by atomic mass is 35.5. The van der Waals surface area contributed by atoms with Crippen molar-refractivity contribution in [3.05, 3.63) is 94.5 Å². The Balaban J connectivity index is 1.48. The number of hydrogen-bond donors (Lipinski definition) is 2. The first-order valence-corrected chi connectivity index (χ1v) is 12.6. The monoisotopic (exact) mass is 524 g/mol. The van der Waals surface area contributed by atoms with E-state index in [0.29, 0.717) is 48.3 Å². The predicted molar refractivity (Wildman–Crippen MR) is 146 cm³/mol. The molecule has 0 aliphatic heterocycles. The largest absolute Gasteiger partial charge is 0.375 e. The van der Waals surface area contributed by atoms with Crippen molar-refractivity contribution in [3.8, 4) is 5.82 Å². The van der Waals surface area contributed by atoms with Gasteiger partial charge in [0.2, 0.25) is 5.95 Å². The Morgan fingerprint density at radius 3 is 2.53 bits per heavy atom. The molecule has 0 amide bonds. The van der Waals surface area contributed by atoms with Crippen molar-refractivity contribution in [2.75, 3.05) is 17.2 Å². The molecule has 2 aromatic carbocycles. The van der Waals surface area contributed by atoms with E-state index in [-0.39, 0.29) is 6.04 Å². The molecule has 0 spiro atoms. The van der Waals surface area contributed by atoms with Crippen LogP contribution in [0.1, 0.15) is 31.4 Å². The van der Waals surface area contributed by atoms with Crippen LogP contribution in [0.4, 0.5) is 11.8 Å². The minimum atomic E-state index is 0.0728. The van der Waals surface area contributed by atoms with Gasteiger partial charge in [-0.15, -0.1) is 0 Å². The second-order valence-corrected chi connectivity index (χ2v) is 9.87. The van der Waals surface area contributed by atoms with E-state index in [4.69, 9.17) is 32.9 Å². The molecule has 0 bridgehead atoms. The number of imidazole rings is 1. The smallest absolute Gasteiger partial charge is 0.226 e. The summed E-state index contributed by atoms with van der Waals surface area (Å²) in [4.78, 5) is 13.6. The molecule has 0 saturated heterocycles. The second kappa shape index (κ2) is 12.7. The summed E-state index contributed by atoms with van der Waals surface area (Å²) < 4.78 is 7.90. The van der Waals surface area contributed by atoms with E-state index in [1.54, 1.807) is 12.5 Å². The number of rotatable bonds is 12. The molecule has 7 nitrogen and oxygen atoms in total. The number of nitrogens with zero attached hydrogens (tertiary/aromatic N) is 4. The number of anilines is 2. The van der Waals surface area contributed by atoms with E-state index in [9.17, 15) is 0 Å². The van der Waals surface area contributed by atoms with E-state index in [1.165, 1.54) is 0 Å². The van der Waals surface area contributed by atoms with Crippen LogP contribution in [0.15, 0.2) is 73.3 Å². The molecule has 4 rings (SSSR count). The minimum Gasteiger partial charge on any atom is -0.375 e. The number of ether oxygens (including phenoxy) is 1. The molecule has 36 heavy (non-hydrogen) atoms. The Morgan fingerprint density at radius 1 is 0.972 bits per heavy atom. The summed E-state index contributed by atoms with van der Waals surface area (Å²) in [6.45, 7) is 6.00. The molecule has 9 heteroatoms.